The van der Waals surface area contributed by atoms with Gasteiger partial charge in [0.2, 0.25) is 5.78 Å². The Bertz CT molecular complexity index is 446. The van der Waals surface area contributed by atoms with E-state index in [9.17, 15) is 9.59 Å². The van der Waals surface area contributed by atoms with Gasteiger partial charge >= 0.3 is 5.97 Å². The summed E-state index contributed by atoms with van der Waals surface area (Å²) in [6.07, 6.45) is 1.02. The van der Waals surface area contributed by atoms with Crippen LogP contribution < -0.4 is 0 Å². The van der Waals surface area contributed by atoms with Gasteiger partial charge in [-0.15, -0.1) is 0 Å². The smallest absolute Gasteiger partial charge is 0.331 e. The average Bonchev–Trinajstić information content (AvgIpc) is 2.28. The Morgan fingerprint density at radius 2 is 1.82 bits per heavy atom. The summed E-state index contributed by atoms with van der Waals surface area (Å²) in [5.41, 5.74) is -0.782. The average molecular weight is 253 g/mol. The molecule has 0 N–H and O–H groups in total. The van der Waals surface area contributed by atoms with Crippen molar-refractivity contribution >= 4 is 23.4 Å². The maximum absolute atomic E-state index is 12.1. The third-order valence-corrected chi connectivity index (χ3v) is 2.43. The Morgan fingerprint density at radius 3 is 2.29 bits per heavy atom. The molecular formula is C13H13ClO3. The van der Waals surface area contributed by atoms with Crippen molar-refractivity contribution < 1.29 is 14.3 Å². The Labute approximate surface area is 105 Å². The Balaban J connectivity index is 2.91. The van der Waals surface area contributed by atoms with Crippen molar-refractivity contribution in [1.82, 2.24) is 0 Å². The summed E-state index contributed by atoms with van der Waals surface area (Å²) in [6.45, 7) is 6.35. The molecule has 1 aromatic rings. The highest BCUT2D eigenvalue weighted by Gasteiger charge is 2.32. The zero-order chi connectivity index (χ0) is 13.1. The molecule has 1 rings (SSSR count). The van der Waals surface area contributed by atoms with Gasteiger partial charge in [0.15, 0.2) is 5.60 Å². The van der Waals surface area contributed by atoms with E-state index in [2.05, 4.69) is 6.58 Å². The molecule has 0 saturated carbocycles. The van der Waals surface area contributed by atoms with Crippen LogP contribution in [0.1, 0.15) is 24.2 Å². The van der Waals surface area contributed by atoms with E-state index in [-0.39, 0.29) is 5.78 Å². The molecule has 0 aromatic heterocycles. The van der Waals surface area contributed by atoms with Gasteiger partial charge in [-0.3, -0.25) is 4.79 Å². The third-order valence-electron chi connectivity index (χ3n) is 2.18. The number of hydrogen-bond acceptors (Lipinski definition) is 3. The summed E-state index contributed by atoms with van der Waals surface area (Å²) in [7, 11) is 0. The first-order valence-corrected chi connectivity index (χ1v) is 5.40. The predicted octanol–water partition coefficient (Wildman–Crippen LogP) is 3.03. The number of ketones is 1. The van der Waals surface area contributed by atoms with Crippen LogP contribution in [0.3, 0.4) is 0 Å². The van der Waals surface area contributed by atoms with Crippen LogP contribution in [0, 0.1) is 0 Å². The fraction of sp³-hybridized carbons (Fsp3) is 0.231. The van der Waals surface area contributed by atoms with Crippen LogP contribution in [-0.4, -0.2) is 17.4 Å². The molecule has 3 nitrogen and oxygen atoms in total. The molecule has 90 valence electrons. The molecule has 0 saturated heterocycles. The fourth-order valence-corrected chi connectivity index (χ4v) is 1.41. The van der Waals surface area contributed by atoms with E-state index in [4.69, 9.17) is 16.3 Å². The van der Waals surface area contributed by atoms with Crippen molar-refractivity contribution in [2.24, 2.45) is 0 Å². The lowest BCUT2D eigenvalue weighted by Crippen LogP contribution is -2.36. The lowest BCUT2D eigenvalue weighted by atomic mass is 9.96. The standard InChI is InChI=1S/C13H13ClO3/c1-4-11(15)17-13(2,3)12(16)9-5-7-10(14)8-6-9/h4-8H,1H2,2-3H3. The highest BCUT2D eigenvalue weighted by Crippen LogP contribution is 2.19. The molecule has 1 aromatic carbocycles. The van der Waals surface area contributed by atoms with Crippen LogP contribution in [-0.2, 0) is 9.53 Å². The Kier molecular flexibility index (Phi) is 4.07. The second-order valence-corrected chi connectivity index (χ2v) is 4.41. The molecule has 0 fully saturated rings. The minimum Gasteiger partial charge on any atom is -0.448 e. The molecule has 0 bridgehead atoms. The van der Waals surface area contributed by atoms with E-state index in [1.807, 2.05) is 0 Å². The topological polar surface area (TPSA) is 43.4 Å². The maximum Gasteiger partial charge on any atom is 0.331 e. The van der Waals surface area contributed by atoms with Gasteiger partial charge in [-0.2, -0.15) is 0 Å². The number of esters is 1. The van der Waals surface area contributed by atoms with Gasteiger partial charge in [0, 0.05) is 16.7 Å². The summed E-state index contributed by atoms with van der Waals surface area (Å²) in [5.74, 6) is -0.915. The Hall–Kier alpha value is -1.61. The quantitative estimate of drug-likeness (QED) is 0.470. The minimum atomic E-state index is -1.22. The van der Waals surface area contributed by atoms with E-state index in [0.29, 0.717) is 10.6 Å². The highest BCUT2D eigenvalue weighted by molar-refractivity contribution is 6.30. The van der Waals surface area contributed by atoms with Gasteiger partial charge < -0.3 is 4.74 Å². The molecule has 0 spiro atoms. The summed E-state index contributed by atoms with van der Waals surface area (Å²) in [5, 5.41) is 0.544. The minimum absolute atomic E-state index is 0.288. The number of hydrogen-bond donors (Lipinski definition) is 0. The molecule has 0 aliphatic carbocycles. The zero-order valence-corrected chi connectivity index (χ0v) is 10.5. The Morgan fingerprint density at radius 1 is 1.29 bits per heavy atom. The van der Waals surface area contributed by atoms with Gasteiger partial charge in [-0.1, -0.05) is 18.2 Å². The van der Waals surface area contributed by atoms with Crippen LogP contribution in [0.15, 0.2) is 36.9 Å². The highest BCUT2D eigenvalue weighted by atomic mass is 35.5. The first-order valence-electron chi connectivity index (χ1n) is 5.02. The number of Topliss-reactive ketones (excluding diaryl/α,β-unsaturated/α-hetero) is 1. The number of benzene rings is 1. The van der Waals surface area contributed by atoms with Crippen molar-refractivity contribution in [3.05, 3.63) is 47.5 Å². The predicted molar refractivity (Wildman–Crippen MR) is 66.2 cm³/mol. The maximum atomic E-state index is 12.1. The number of carbonyl (C=O) groups excluding carboxylic acids is 2. The van der Waals surface area contributed by atoms with E-state index < -0.39 is 11.6 Å². The van der Waals surface area contributed by atoms with Crippen molar-refractivity contribution in [2.45, 2.75) is 19.4 Å². The molecule has 0 unspecified atom stereocenters. The fourth-order valence-electron chi connectivity index (χ4n) is 1.29. The van der Waals surface area contributed by atoms with Crippen molar-refractivity contribution in [3.63, 3.8) is 0 Å². The van der Waals surface area contributed by atoms with Crippen molar-refractivity contribution in [2.75, 3.05) is 0 Å². The molecule has 0 radical (unpaired) electrons. The van der Waals surface area contributed by atoms with Crippen molar-refractivity contribution in [1.29, 1.82) is 0 Å². The first-order chi connectivity index (χ1) is 7.86. The molecule has 0 amide bonds. The van der Waals surface area contributed by atoms with Gasteiger partial charge in [0.25, 0.3) is 0 Å². The first kappa shape index (κ1) is 13.5. The second kappa shape index (κ2) is 5.15. The monoisotopic (exact) mass is 252 g/mol. The summed E-state index contributed by atoms with van der Waals surface area (Å²) < 4.78 is 4.99. The lowest BCUT2D eigenvalue weighted by molar-refractivity contribution is -0.146. The van der Waals surface area contributed by atoms with Gasteiger partial charge in [-0.25, -0.2) is 4.79 Å². The van der Waals surface area contributed by atoms with Crippen molar-refractivity contribution in [3.8, 4) is 0 Å². The summed E-state index contributed by atoms with van der Waals surface area (Å²) in [6, 6.07) is 6.41. The molecule has 0 heterocycles. The third kappa shape index (κ3) is 3.43. The molecule has 0 atom stereocenters. The molecule has 4 heteroatoms. The van der Waals surface area contributed by atoms with Gasteiger partial charge in [0.1, 0.15) is 0 Å². The van der Waals surface area contributed by atoms with Crippen LogP contribution >= 0.6 is 11.6 Å². The second-order valence-electron chi connectivity index (χ2n) is 3.97. The van der Waals surface area contributed by atoms with E-state index >= 15 is 0 Å². The van der Waals surface area contributed by atoms with Crippen LogP contribution in [0.25, 0.3) is 0 Å². The summed E-state index contributed by atoms with van der Waals surface area (Å²) in [4.78, 5) is 23.2. The van der Waals surface area contributed by atoms with Gasteiger partial charge in [0.05, 0.1) is 0 Å². The van der Waals surface area contributed by atoms with E-state index in [1.165, 1.54) is 13.8 Å². The molecule has 0 aliphatic heterocycles. The number of ether oxygens (including phenoxy) is 1. The number of rotatable bonds is 4. The zero-order valence-electron chi connectivity index (χ0n) is 9.70. The summed E-state index contributed by atoms with van der Waals surface area (Å²) >= 11 is 5.73. The molecule has 0 aliphatic rings. The van der Waals surface area contributed by atoms with E-state index in [0.717, 1.165) is 6.08 Å². The van der Waals surface area contributed by atoms with E-state index in [1.54, 1.807) is 24.3 Å². The molecule has 17 heavy (non-hydrogen) atoms. The normalized spacial score (nSPS) is 10.8. The number of halogens is 1. The number of carbonyl (C=O) groups is 2. The van der Waals surface area contributed by atoms with Crippen LogP contribution in [0.2, 0.25) is 5.02 Å². The van der Waals surface area contributed by atoms with Crippen LogP contribution in [0.4, 0.5) is 0 Å². The van der Waals surface area contributed by atoms with Gasteiger partial charge in [-0.05, 0) is 38.1 Å². The SMILES string of the molecule is C=CC(=O)OC(C)(C)C(=O)c1ccc(Cl)cc1. The van der Waals surface area contributed by atoms with Crippen LogP contribution in [0.5, 0.6) is 0 Å². The largest absolute Gasteiger partial charge is 0.448 e. The molecular weight excluding hydrogens is 240 g/mol. The lowest BCUT2D eigenvalue weighted by Gasteiger charge is -2.22.